The van der Waals surface area contributed by atoms with E-state index in [2.05, 4.69) is 4.99 Å². The second-order valence-corrected chi connectivity index (χ2v) is 8.16. The first kappa shape index (κ1) is 22.7. The van der Waals surface area contributed by atoms with Crippen molar-refractivity contribution in [2.24, 2.45) is 4.99 Å². The van der Waals surface area contributed by atoms with Crippen molar-refractivity contribution >= 4 is 39.3 Å². The fraction of sp³-hybridized carbons (Fsp3) is 0.304. The number of amides is 3. The SMILES string of the molecule is CCOCCn1c(=NC(=O)CN2C(=O)c3ccccc3C2=O)sc2cc(OC)c(OC)cc21. The summed E-state index contributed by atoms with van der Waals surface area (Å²) in [5.41, 5.74) is 1.40. The number of ether oxygens (including phenoxy) is 3. The van der Waals surface area contributed by atoms with Gasteiger partial charge in [-0.2, -0.15) is 4.99 Å². The van der Waals surface area contributed by atoms with E-state index in [1.54, 1.807) is 38.5 Å². The fourth-order valence-corrected chi connectivity index (χ4v) is 4.74. The average molecular weight is 470 g/mol. The van der Waals surface area contributed by atoms with E-state index in [0.717, 1.165) is 15.1 Å². The fourth-order valence-electron chi connectivity index (χ4n) is 3.66. The number of carbonyl (C=O) groups is 3. The second-order valence-electron chi connectivity index (χ2n) is 7.16. The Labute approximate surface area is 193 Å². The van der Waals surface area contributed by atoms with E-state index in [9.17, 15) is 14.4 Å². The monoisotopic (exact) mass is 469 g/mol. The van der Waals surface area contributed by atoms with Gasteiger partial charge in [-0.15, -0.1) is 0 Å². The summed E-state index contributed by atoms with van der Waals surface area (Å²) in [4.78, 5) is 43.6. The van der Waals surface area contributed by atoms with Gasteiger partial charge in [0.15, 0.2) is 16.3 Å². The van der Waals surface area contributed by atoms with Gasteiger partial charge in [-0.3, -0.25) is 19.3 Å². The van der Waals surface area contributed by atoms with Gasteiger partial charge in [0.05, 0.1) is 42.2 Å². The Kier molecular flexibility index (Phi) is 6.57. The van der Waals surface area contributed by atoms with Crippen molar-refractivity contribution in [3.05, 3.63) is 52.3 Å². The largest absolute Gasteiger partial charge is 0.493 e. The van der Waals surface area contributed by atoms with Gasteiger partial charge in [0.25, 0.3) is 17.7 Å². The Morgan fingerprint density at radius 3 is 2.27 bits per heavy atom. The van der Waals surface area contributed by atoms with Gasteiger partial charge in [0.1, 0.15) is 6.54 Å². The number of thiazole rings is 1. The maximum atomic E-state index is 12.8. The van der Waals surface area contributed by atoms with E-state index in [1.165, 1.54) is 11.3 Å². The van der Waals surface area contributed by atoms with Crippen molar-refractivity contribution in [2.45, 2.75) is 13.5 Å². The Hall–Kier alpha value is -3.50. The third-order valence-corrected chi connectivity index (χ3v) is 6.28. The Morgan fingerprint density at radius 1 is 1.03 bits per heavy atom. The molecule has 0 bridgehead atoms. The normalized spacial score (nSPS) is 13.7. The lowest BCUT2D eigenvalue weighted by atomic mass is 10.1. The van der Waals surface area contributed by atoms with Crippen LogP contribution in [0.5, 0.6) is 11.5 Å². The number of nitrogens with zero attached hydrogens (tertiary/aromatic N) is 3. The minimum atomic E-state index is -0.597. The summed E-state index contributed by atoms with van der Waals surface area (Å²) in [7, 11) is 3.11. The van der Waals surface area contributed by atoms with Crippen molar-refractivity contribution in [3.8, 4) is 11.5 Å². The summed E-state index contributed by atoms with van der Waals surface area (Å²) in [6, 6.07) is 10.2. The molecule has 0 aliphatic carbocycles. The van der Waals surface area contributed by atoms with Crippen LogP contribution >= 0.6 is 11.3 Å². The number of carbonyl (C=O) groups excluding carboxylic acids is 3. The summed E-state index contributed by atoms with van der Waals surface area (Å²) in [6.07, 6.45) is 0. The minimum absolute atomic E-state index is 0.295. The zero-order chi connectivity index (χ0) is 23.5. The molecule has 1 aliphatic heterocycles. The van der Waals surface area contributed by atoms with Crippen molar-refractivity contribution in [2.75, 3.05) is 34.0 Å². The van der Waals surface area contributed by atoms with Crippen LogP contribution in [0.1, 0.15) is 27.6 Å². The highest BCUT2D eigenvalue weighted by atomic mass is 32.1. The van der Waals surface area contributed by atoms with Crippen molar-refractivity contribution in [1.29, 1.82) is 0 Å². The van der Waals surface area contributed by atoms with Gasteiger partial charge >= 0.3 is 0 Å². The van der Waals surface area contributed by atoms with Gasteiger partial charge in [-0.05, 0) is 19.1 Å². The molecule has 33 heavy (non-hydrogen) atoms. The first-order valence-corrected chi connectivity index (χ1v) is 11.2. The first-order chi connectivity index (χ1) is 16.0. The van der Waals surface area contributed by atoms with E-state index < -0.39 is 24.3 Å². The maximum absolute atomic E-state index is 12.8. The molecular weight excluding hydrogens is 446 g/mol. The second kappa shape index (κ2) is 9.55. The van der Waals surface area contributed by atoms with E-state index in [1.807, 2.05) is 23.6 Å². The zero-order valence-electron chi connectivity index (χ0n) is 18.5. The quantitative estimate of drug-likeness (QED) is 0.371. The number of imide groups is 1. The molecule has 0 saturated heterocycles. The highest BCUT2D eigenvalue weighted by molar-refractivity contribution is 7.16. The summed E-state index contributed by atoms with van der Waals surface area (Å²) in [5.74, 6) is -0.465. The molecule has 3 aromatic rings. The minimum Gasteiger partial charge on any atom is -0.493 e. The van der Waals surface area contributed by atoms with Gasteiger partial charge in [0, 0.05) is 25.3 Å². The smallest absolute Gasteiger partial charge is 0.268 e. The third-order valence-electron chi connectivity index (χ3n) is 5.24. The molecule has 1 aromatic heterocycles. The van der Waals surface area contributed by atoms with Crippen LogP contribution in [0.25, 0.3) is 10.2 Å². The Morgan fingerprint density at radius 2 is 1.67 bits per heavy atom. The van der Waals surface area contributed by atoms with E-state index in [4.69, 9.17) is 14.2 Å². The summed E-state index contributed by atoms with van der Waals surface area (Å²) in [6.45, 7) is 2.92. The van der Waals surface area contributed by atoms with Crippen LogP contribution in [0.3, 0.4) is 0 Å². The molecule has 2 aromatic carbocycles. The Balaban J connectivity index is 1.69. The average Bonchev–Trinajstić information content (AvgIpc) is 3.27. The molecule has 172 valence electrons. The molecule has 10 heteroatoms. The van der Waals surface area contributed by atoms with Crippen molar-refractivity contribution < 1.29 is 28.6 Å². The lowest BCUT2D eigenvalue weighted by molar-refractivity contribution is -0.118. The molecule has 4 rings (SSSR count). The predicted molar refractivity (Wildman–Crippen MR) is 122 cm³/mol. The van der Waals surface area contributed by atoms with Gasteiger partial charge in [-0.1, -0.05) is 23.5 Å². The number of fused-ring (bicyclic) bond motifs is 2. The molecule has 0 N–H and O–H groups in total. The van der Waals surface area contributed by atoms with Crippen LogP contribution in [0.15, 0.2) is 41.4 Å². The number of aromatic nitrogens is 1. The molecule has 0 unspecified atom stereocenters. The molecule has 0 spiro atoms. The highest BCUT2D eigenvalue weighted by Crippen LogP contribution is 2.33. The lowest BCUT2D eigenvalue weighted by Gasteiger charge is -2.11. The van der Waals surface area contributed by atoms with E-state index in [0.29, 0.717) is 47.2 Å². The van der Waals surface area contributed by atoms with Crippen molar-refractivity contribution in [1.82, 2.24) is 9.47 Å². The molecular formula is C23H23N3O6S. The topological polar surface area (TPSA) is 99.4 Å². The Bertz CT molecular complexity index is 1270. The van der Waals surface area contributed by atoms with Crippen LogP contribution in [0, 0.1) is 0 Å². The van der Waals surface area contributed by atoms with E-state index in [-0.39, 0.29) is 0 Å². The number of rotatable bonds is 8. The highest BCUT2D eigenvalue weighted by Gasteiger charge is 2.36. The van der Waals surface area contributed by atoms with Crippen LogP contribution in [-0.2, 0) is 16.1 Å². The molecule has 0 atom stereocenters. The maximum Gasteiger partial charge on any atom is 0.268 e. The number of hydrogen-bond donors (Lipinski definition) is 0. The first-order valence-electron chi connectivity index (χ1n) is 10.3. The van der Waals surface area contributed by atoms with Crippen LogP contribution in [0.4, 0.5) is 0 Å². The molecule has 3 amide bonds. The van der Waals surface area contributed by atoms with E-state index >= 15 is 0 Å². The molecule has 0 fully saturated rings. The zero-order valence-corrected chi connectivity index (χ0v) is 19.3. The standard InChI is InChI=1S/C23H23N3O6S/c1-4-32-10-9-25-16-11-17(30-2)18(31-3)12-19(16)33-23(25)24-20(27)13-26-21(28)14-7-5-6-8-15(14)22(26)29/h5-8,11-12H,4,9-10,13H2,1-3H3. The number of hydrogen-bond acceptors (Lipinski definition) is 7. The van der Waals surface area contributed by atoms with Crippen LogP contribution in [0.2, 0.25) is 0 Å². The molecule has 9 nitrogen and oxygen atoms in total. The molecule has 0 saturated carbocycles. The van der Waals surface area contributed by atoms with Crippen molar-refractivity contribution in [3.63, 3.8) is 0 Å². The summed E-state index contributed by atoms with van der Waals surface area (Å²) in [5, 5.41) is 0. The molecule has 2 heterocycles. The van der Waals surface area contributed by atoms with Gasteiger partial charge in [-0.25, -0.2) is 0 Å². The van der Waals surface area contributed by atoms with Crippen LogP contribution in [-0.4, -0.2) is 61.2 Å². The van der Waals surface area contributed by atoms with Gasteiger partial charge < -0.3 is 18.8 Å². The lowest BCUT2D eigenvalue weighted by Crippen LogP contribution is -2.35. The van der Waals surface area contributed by atoms with Gasteiger partial charge in [0.2, 0.25) is 0 Å². The number of methoxy groups -OCH3 is 2. The van der Waals surface area contributed by atoms with Crippen LogP contribution < -0.4 is 14.3 Å². The molecule has 0 radical (unpaired) electrons. The molecule has 1 aliphatic rings. The summed E-state index contributed by atoms with van der Waals surface area (Å²) >= 11 is 1.30. The number of benzene rings is 2. The third kappa shape index (κ3) is 4.27. The summed E-state index contributed by atoms with van der Waals surface area (Å²) < 4.78 is 19.0. The predicted octanol–water partition coefficient (Wildman–Crippen LogP) is 2.48.